The van der Waals surface area contributed by atoms with E-state index in [9.17, 15) is 14.4 Å². The molecule has 0 aliphatic carbocycles. The summed E-state index contributed by atoms with van der Waals surface area (Å²) in [5, 5.41) is 14.1. The standard InChI is InChI=1S/C14H27N3O4/c1-9(2)7-15-12(20)10(3)16-13(21)17(8-11(18)19)14(4,5)6/h9-10H,7-8H2,1-6H3,(H,15,20)(H,16,21)(H,18,19). The maximum atomic E-state index is 12.1. The number of nitrogens with one attached hydrogen (secondary N) is 2. The highest BCUT2D eigenvalue weighted by Crippen LogP contribution is 2.13. The Hall–Kier alpha value is -1.79. The van der Waals surface area contributed by atoms with Crippen LogP contribution in [-0.2, 0) is 9.59 Å². The molecular weight excluding hydrogens is 274 g/mol. The third-order valence-electron chi connectivity index (χ3n) is 2.77. The monoisotopic (exact) mass is 301 g/mol. The van der Waals surface area contributed by atoms with Gasteiger partial charge in [0.15, 0.2) is 0 Å². The van der Waals surface area contributed by atoms with Crippen molar-refractivity contribution >= 4 is 17.9 Å². The fourth-order valence-electron chi connectivity index (χ4n) is 1.54. The zero-order chi connectivity index (χ0) is 16.8. The lowest BCUT2D eigenvalue weighted by Crippen LogP contribution is -2.56. The van der Waals surface area contributed by atoms with Crippen molar-refractivity contribution in [3.8, 4) is 0 Å². The first-order valence-electron chi connectivity index (χ1n) is 7.02. The normalized spacial score (nSPS) is 12.7. The number of carboxylic acid groups (broad SMARTS) is 1. The molecule has 3 amide bonds. The van der Waals surface area contributed by atoms with E-state index < -0.39 is 30.1 Å². The molecule has 3 N–H and O–H groups in total. The van der Waals surface area contributed by atoms with Crippen LogP contribution in [0.2, 0.25) is 0 Å². The van der Waals surface area contributed by atoms with E-state index in [4.69, 9.17) is 5.11 Å². The van der Waals surface area contributed by atoms with Crippen LogP contribution >= 0.6 is 0 Å². The Labute approximate surface area is 126 Å². The smallest absolute Gasteiger partial charge is 0.323 e. The lowest BCUT2D eigenvalue weighted by Gasteiger charge is -2.35. The average molecular weight is 301 g/mol. The summed E-state index contributed by atoms with van der Waals surface area (Å²) in [5.41, 5.74) is -0.656. The van der Waals surface area contributed by atoms with Gasteiger partial charge in [-0.15, -0.1) is 0 Å². The second-order valence-corrected chi connectivity index (χ2v) is 6.46. The summed E-state index contributed by atoms with van der Waals surface area (Å²) in [7, 11) is 0. The first kappa shape index (κ1) is 19.2. The molecule has 1 unspecified atom stereocenters. The van der Waals surface area contributed by atoms with Gasteiger partial charge in [-0.1, -0.05) is 13.8 Å². The molecule has 0 aromatic carbocycles. The van der Waals surface area contributed by atoms with Gasteiger partial charge in [0.05, 0.1) is 0 Å². The minimum atomic E-state index is -1.10. The molecule has 0 aliphatic rings. The van der Waals surface area contributed by atoms with E-state index in [2.05, 4.69) is 10.6 Å². The van der Waals surface area contributed by atoms with Crippen LogP contribution in [0.4, 0.5) is 4.79 Å². The van der Waals surface area contributed by atoms with E-state index in [1.165, 1.54) is 4.90 Å². The molecule has 1 atom stereocenters. The van der Waals surface area contributed by atoms with E-state index in [0.717, 1.165) is 0 Å². The van der Waals surface area contributed by atoms with Gasteiger partial charge in [0.1, 0.15) is 12.6 Å². The second-order valence-electron chi connectivity index (χ2n) is 6.46. The SMILES string of the molecule is CC(C)CNC(=O)C(C)NC(=O)N(CC(=O)O)C(C)(C)C. The highest BCUT2D eigenvalue weighted by atomic mass is 16.4. The third-order valence-corrected chi connectivity index (χ3v) is 2.77. The number of carboxylic acids is 1. The number of amides is 3. The van der Waals surface area contributed by atoms with Gasteiger partial charge in [0.2, 0.25) is 5.91 Å². The minimum Gasteiger partial charge on any atom is -0.480 e. The van der Waals surface area contributed by atoms with Crippen molar-refractivity contribution < 1.29 is 19.5 Å². The van der Waals surface area contributed by atoms with E-state index in [1.54, 1.807) is 27.7 Å². The van der Waals surface area contributed by atoms with Gasteiger partial charge in [-0.25, -0.2) is 4.79 Å². The highest BCUT2D eigenvalue weighted by Gasteiger charge is 2.30. The molecule has 122 valence electrons. The molecule has 0 saturated heterocycles. The summed E-state index contributed by atoms with van der Waals surface area (Å²) in [5.74, 6) is -1.08. The average Bonchev–Trinajstić information content (AvgIpc) is 2.30. The zero-order valence-electron chi connectivity index (χ0n) is 13.7. The second kappa shape index (κ2) is 7.85. The number of urea groups is 1. The molecule has 0 rings (SSSR count). The molecule has 21 heavy (non-hydrogen) atoms. The largest absolute Gasteiger partial charge is 0.480 e. The van der Waals surface area contributed by atoms with Crippen LogP contribution in [0.5, 0.6) is 0 Å². The number of carbonyl (C=O) groups excluding carboxylic acids is 2. The summed E-state index contributed by atoms with van der Waals surface area (Å²) in [6, 6.07) is -1.30. The van der Waals surface area contributed by atoms with Gasteiger partial charge < -0.3 is 20.6 Å². The van der Waals surface area contributed by atoms with Crippen molar-refractivity contribution in [1.29, 1.82) is 0 Å². The Bertz CT molecular complexity index is 388. The van der Waals surface area contributed by atoms with Gasteiger partial charge in [-0.05, 0) is 33.6 Å². The van der Waals surface area contributed by atoms with Crippen molar-refractivity contribution in [1.82, 2.24) is 15.5 Å². The van der Waals surface area contributed by atoms with Crippen molar-refractivity contribution in [2.24, 2.45) is 5.92 Å². The van der Waals surface area contributed by atoms with Crippen molar-refractivity contribution in [2.75, 3.05) is 13.1 Å². The van der Waals surface area contributed by atoms with E-state index >= 15 is 0 Å². The Morgan fingerprint density at radius 2 is 1.67 bits per heavy atom. The number of aliphatic carboxylic acids is 1. The summed E-state index contributed by atoms with van der Waals surface area (Å²) in [4.78, 5) is 36.0. The van der Waals surface area contributed by atoms with Gasteiger partial charge >= 0.3 is 12.0 Å². The third kappa shape index (κ3) is 7.53. The summed E-state index contributed by atoms with van der Waals surface area (Å²) < 4.78 is 0. The Morgan fingerprint density at radius 3 is 2.05 bits per heavy atom. The quantitative estimate of drug-likeness (QED) is 0.682. The summed E-state index contributed by atoms with van der Waals surface area (Å²) in [6.07, 6.45) is 0. The molecular formula is C14H27N3O4. The molecule has 0 bridgehead atoms. The number of hydrogen-bond donors (Lipinski definition) is 3. The number of nitrogens with zero attached hydrogens (tertiary/aromatic N) is 1. The number of rotatable bonds is 6. The first-order chi connectivity index (χ1) is 9.45. The Kier molecular flexibility index (Phi) is 7.18. The van der Waals surface area contributed by atoms with Gasteiger partial charge in [0.25, 0.3) is 0 Å². The number of carbonyl (C=O) groups is 3. The molecule has 7 nitrogen and oxygen atoms in total. The van der Waals surface area contributed by atoms with Crippen molar-refractivity contribution in [2.45, 2.75) is 53.1 Å². The first-order valence-corrected chi connectivity index (χ1v) is 7.02. The predicted molar refractivity (Wildman–Crippen MR) is 79.9 cm³/mol. The topological polar surface area (TPSA) is 98.7 Å². The molecule has 0 aromatic heterocycles. The van der Waals surface area contributed by atoms with Crippen molar-refractivity contribution in [3.63, 3.8) is 0 Å². The van der Waals surface area contributed by atoms with Gasteiger partial charge in [-0.2, -0.15) is 0 Å². The van der Waals surface area contributed by atoms with E-state index in [0.29, 0.717) is 12.5 Å². The highest BCUT2D eigenvalue weighted by molar-refractivity contribution is 5.88. The lowest BCUT2D eigenvalue weighted by molar-refractivity contribution is -0.138. The molecule has 0 radical (unpaired) electrons. The summed E-state index contributed by atoms with van der Waals surface area (Å²) in [6.45, 7) is 10.8. The van der Waals surface area contributed by atoms with E-state index in [-0.39, 0.29) is 5.91 Å². The fraction of sp³-hybridized carbons (Fsp3) is 0.786. The van der Waals surface area contributed by atoms with Crippen molar-refractivity contribution in [3.05, 3.63) is 0 Å². The van der Waals surface area contributed by atoms with Gasteiger partial charge in [0, 0.05) is 12.1 Å². The van der Waals surface area contributed by atoms with Crippen LogP contribution in [-0.4, -0.2) is 52.6 Å². The van der Waals surface area contributed by atoms with Crippen LogP contribution < -0.4 is 10.6 Å². The molecule has 0 spiro atoms. The molecule has 0 saturated carbocycles. The molecule has 0 fully saturated rings. The Morgan fingerprint density at radius 1 is 1.14 bits per heavy atom. The fourth-order valence-corrected chi connectivity index (χ4v) is 1.54. The Balaban J connectivity index is 4.68. The molecule has 0 heterocycles. The van der Waals surface area contributed by atoms with E-state index in [1.807, 2.05) is 13.8 Å². The number of hydrogen-bond acceptors (Lipinski definition) is 3. The maximum absolute atomic E-state index is 12.1. The molecule has 0 aromatic rings. The van der Waals surface area contributed by atoms with Crippen LogP contribution in [0.3, 0.4) is 0 Å². The van der Waals surface area contributed by atoms with Crippen LogP contribution in [0, 0.1) is 5.92 Å². The van der Waals surface area contributed by atoms with Gasteiger partial charge in [-0.3, -0.25) is 9.59 Å². The minimum absolute atomic E-state index is 0.291. The molecule has 0 aliphatic heterocycles. The molecule has 7 heteroatoms. The maximum Gasteiger partial charge on any atom is 0.323 e. The summed E-state index contributed by atoms with van der Waals surface area (Å²) >= 11 is 0. The van der Waals surface area contributed by atoms with Crippen LogP contribution in [0.1, 0.15) is 41.5 Å². The van der Waals surface area contributed by atoms with Crippen LogP contribution in [0.15, 0.2) is 0 Å². The predicted octanol–water partition coefficient (Wildman–Crippen LogP) is 1.04. The zero-order valence-corrected chi connectivity index (χ0v) is 13.7. The lowest BCUT2D eigenvalue weighted by atomic mass is 10.1. The van der Waals surface area contributed by atoms with Crippen LogP contribution in [0.25, 0.3) is 0 Å².